The molecule has 9 nitrogen and oxygen atoms in total. The maximum Gasteiger partial charge on any atom is 0.265 e. The molecular formula is C22H26N4O5S. The number of carbonyl (C=O) groups excluding carboxylic acids is 2. The highest BCUT2D eigenvalue weighted by molar-refractivity contribution is 7.89. The second-order valence-corrected chi connectivity index (χ2v) is 9.99. The number of sulfonamides is 1. The molecular weight excluding hydrogens is 432 g/mol. The number of nitrogens with one attached hydrogen (secondary N) is 2. The van der Waals surface area contributed by atoms with Crippen LogP contribution >= 0.6 is 0 Å². The minimum atomic E-state index is -3.76. The Hall–Kier alpha value is -2.98. The minimum absolute atomic E-state index is 0.0872. The molecule has 2 aliphatic heterocycles. The number of aromatic nitrogens is 1. The minimum Gasteiger partial charge on any atom is -0.479 e. The van der Waals surface area contributed by atoms with Gasteiger partial charge in [-0.2, -0.15) is 4.31 Å². The number of pyridine rings is 1. The van der Waals surface area contributed by atoms with E-state index in [1.807, 2.05) is 18.2 Å². The lowest BCUT2D eigenvalue weighted by Gasteiger charge is -2.31. The third-order valence-corrected chi connectivity index (χ3v) is 7.86. The Labute approximate surface area is 187 Å². The predicted octanol–water partition coefficient (Wildman–Crippen LogP) is 1.83. The standard InChI is InChI=1S/C22H26N4O5S/c1-14-11-18-19(31-15(2)21(27)25-18)12-20(14)32(29,30)26-9-6-16(7-10-26)22(28)24-13-17-5-3-4-8-23-17/h3-5,8,11-12,15-16H,6-7,9-10,13H2,1-2H3,(H,24,28)(H,25,27). The van der Waals surface area contributed by atoms with Gasteiger partial charge in [-0.05, 0) is 50.5 Å². The molecule has 0 spiro atoms. The van der Waals surface area contributed by atoms with Gasteiger partial charge in [0, 0.05) is 31.3 Å². The van der Waals surface area contributed by atoms with E-state index in [1.165, 1.54) is 10.4 Å². The normalized spacial score (nSPS) is 19.6. The number of hydrogen-bond acceptors (Lipinski definition) is 6. The molecule has 2 N–H and O–H groups in total. The summed E-state index contributed by atoms with van der Waals surface area (Å²) in [6.45, 7) is 4.16. The molecule has 32 heavy (non-hydrogen) atoms. The molecule has 2 amide bonds. The lowest BCUT2D eigenvalue weighted by Crippen LogP contribution is -2.43. The molecule has 1 saturated heterocycles. The first kappa shape index (κ1) is 22.2. The van der Waals surface area contributed by atoms with Crippen molar-refractivity contribution in [2.24, 2.45) is 5.92 Å². The number of carbonyl (C=O) groups is 2. The first-order valence-corrected chi connectivity index (χ1v) is 12.0. The topological polar surface area (TPSA) is 118 Å². The highest BCUT2D eigenvalue weighted by atomic mass is 32.2. The average Bonchev–Trinajstić information content (AvgIpc) is 2.79. The maximum absolute atomic E-state index is 13.3. The van der Waals surface area contributed by atoms with Crippen LogP contribution in [0.25, 0.3) is 0 Å². The van der Waals surface area contributed by atoms with E-state index in [2.05, 4.69) is 15.6 Å². The monoisotopic (exact) mass is 458 g/mol. The fraction of sp³-hybridized carbons (Fsp3) is 0.409. The van der Waals surface area contributed by atoms with Crippen molar-refractivity contribution in [3.63, 3.8) is 0 Å². The van der Waals surface area contributed by atoms with E-state index >= 15 is 0 Å². The molecule has 4 rings (SSSR count). The van der Waals surface area contributed by atoms with E-state index in [9.17, 15) is 18.0 Å². The van der Waals surface area contributed by atoms with Gasteiger partial charge in [0.1, 0.15) is 5.75 Å². The van der Waals surface area contributed by atoms with Crippen molar-refractivity contribution in [2.75, 3.05) is 18.4 Å². The molecule has 1 aromatic carbocycles. The molecule has 170 valence electrons. The van der Waals surface area contributed by atoms with Crippen LogP contribution in [0.4, 0.5) is 5.69 Å². The fourth-order valence-corrected chi connectivity index (χ4v) is 5.63. The van der Waals surface area contributed by atoms with Gasteiger partial charge in [0.15, 0.2) is 6.10 Å². The van der Waals surface area contributed by atoms with Crippen LogP contribution in [0.5, 0.6) is 5.75 Å². The number of aryl methyl sites for hydroxylation is 1. The van der Waals surface area contributed by atoms with E-state index in [0.29, 0.717) is 36.4 Å². The summed E-state index contributed by atoms with van der Waals surface area (Å²) >= 11 is 0. The van der Waals surface area contributed by atoms with Crippen LogP contribution in [0.15, 0.2) is 41.4 Å². The molecule has 1 atom stereocenters. The molecule has 2 aliphatic rings. The summed E-state index contributed by atoms with van der Waals surface area (Å²) in [4.78, 5) is 28.7. The van der Waals surface area contributed by atoms with Gasteiger partial charge in [0.25, 0.3) is 5.91 Å². The maximum atomic E-state index is 13.3. The van der Waals surface area contributed by atoms with Crippen LogP contribution in [0.3, 0.4) is 0 Å². The van der Waals surface area contributed by atoms with Crippen LogP contribution in [0, 0.1) is 12.8 Å². The van der Waals surface area contributed by atoms with Gasteiger partial charge >= 0.3 is 0 Å². The largest absolute Gasteiger partial charge is 0.479 e. The SMILES string of the molecule is Cc1cc2c(cc1S(=O)(=O)N1CCC(C(=O)NCc3ccccn3)CC1)OC(C)C(=O)N2. The number of fused-ring (bicyclic) bond motifs is 1. The summed E-state index contributed by atoms with van der Waals surface area (Å²) in [6, 6.07) is 8.60. The third kappa shape index (κ3) is 4.46. The van der Waals surface area contributed by atoms with Crippen molar-refractivity contribution in [1.82, 2.24) is 14.6 Å². The third-order valence-electron chi connectivity index (χ3n) is 5.82. The second kappa shape index (κ2) is 8.87. The quantitative estimate of drug-likeness (QED) is 0.706. The summed E-state index contributed by atoms with van der Waals surface area (Å²) in [7, 11) is -3.76. The second-order valence-electron chi connectivity index (χ2n) is 8.08. The molecule has 3 heterocycles. The average molecular weight is 459 g/mol. The van der Waals surface area contributed by atoms with Crippen LogP contribution in [0.2, 0.25) is 0 Å². The number of benzene rings is 1. The Morgan fingerprint density at radius 1 is 1.28 bits per heavy atom. The number of ether oxygens (including phenoxy) is 1. The van der Waals surface area contributed by atoms with E-state index in [1.54, 1.807) is 26.1 Å². The van der Waals surface area contributed by atoms with E-state index in [0.717, 1.165) is 5.69 Å². The van der Waals surface area contributed by atoms with Gasteiger partial charge in [-0.1, -0.05) is 6.07 Å². The first-order valence-electron chi connectivity index (χ1n) is 10.6. The van der Waals surface area contributed by atoms with Crippen molar-refractivity contribution in [1.29, 1.82) is 0 Å². The number of piperidine rings is 1. The molecule has 0 bridgehead atoms. The Kier molecular flexibility index (Phi) is 6.16. The van der Waals surface area contributed by atoms with Crippen LogP contribution in [-0.4, -0.2) is 48.7 Å². The number of hydrogen-bond donors (Lipinski definition) is 2. The number of amides is 2. The summed E-state index contributed by atoms with van der Waals surface area (Å²) in [5, 5.41) is 5.61. The number of anilines is 1. The fourth-order valence-electron chi connectivity index (χ4n) is 3.94. The van der Waals surface area contributed by atoms with Gasteiger partial charge in [-0.3, -0.25) is 14.6 Å². The van der Waals surface area contributed by atoms with Crippen molar-refractivity contribution in [3.05, 3.63) is 47.8 Å². The number of rotatable bonds is 5. The van der Waals surface area contributed by atoms with E-state index in [-0.39, 0.29) is 35.7 Å². The molecule has 1 aromatic heterocycles. The van der Waals surface area contributed by atoms with Gasteiger partial charge in [0.2, 0.25) is 15.9 Å². The van der Waals surface area contributed by atoms with Crippen LogP contribution in [-0.2, 0) is 26.2 Å². The Bertz CT molecular complexity index is 1130. The summed E-state index contributed by atoms with van der Waals surface area (Å²) in [5.41, 5.74) is 1.77. The van der Waals surface area contributed by atoms with Gasteiger partial charge in [0.05, 0.1) is 22.8 Å². The predicted molar refractivity (Wildman–Crippen MR) is 117 cm³/mol. The molecule has 0 saturated carbocycles. The number of nitrogens with zero attached hydrogens (tertiary/aromatic N) is 2. The smallest absolute Gasteiger partial charge is 0.265 e. The highest BCUT2D eigenvalue weighted by Crippen LogP contribution is 2.36. The van der Waals surface area contributed by atoms with Crippen LogP contribution < -0.4 is 15.4 Å². The Morgan fingerprint density at radius 2 is 2.03 bits per heavy atom. The van der Waals surface area contributed by atoms with Gasteiger partial charge in [-0.15, -0.1) is 0 Å². The zero-order chi connectivity index (χ0) is 22.9. The summed E-state index contributed by atoms with van der Waals surface area (Å²) < 4.78 is 33.6. The van der Waals surface area contributed by atoms with Crippen LogP contribution in [0.1, 0.15) is 31.0 Å². The Morgan fingerprint density at radius 3 is 2.72 bits per heavy atom. The molecule has 1 unspecified atom stereocenters. The molecule has 0 radical (unpaired) electrons. The molecule has 10 heteroatoms. The van der Waals surface area contributed by atoms with E-state index < -0.39 is 16.1 Å². The first-order chi connectivity index (χ1) is 15.3. The summed E-state index contributed by atoms with van der Waals surface area (Å²) in [5.74, 6) is -0.258. The molecule has 2 aromatic rings. The highest BCUT2D eigenvalue weighted by Gasteiger charge is 2.34. The molecule has 0 aliphatic carbocycles. The van der Waals surface area contributed by atoms with Crippen molar-refractivity contribution in [2.45, 2.75) is 44.2 Å². The van der Waals surface area contributed by atoms with Gasteiger partial charge < -0.3 is 15.4 Å². The molecule has 1 fully saturated rings. The van der Waals surface area contributed by atoms with Gasteiger partial charge in [-0.25, -0.2) is 8.42 Å². The van der Waals surface area contributed by atoms with Crippen molar-refractivity contribution >= 4 is 27.5 Å². The zero-order valence-electron chi connectivity index (χ0n) is 18.0. The van der Waals surface area contributed by atoms with Crippen molar-refractivity contribution < 1.29 is 22.7 Å². The lowest BCUT2D eigenvalue weighted by atomic mass is 9.97. The van der Waals surface area contributed by atoms with E-state index in [4.69, 9.17) is 4.74 Å². The zero-order valence-corrected chi connectivity index (χ0v) is 18.8. The van der Waals surface area contributed by atoms with Crippen molar-refractivity contribution in [3.8, 4) is 5.75 Å². The lowest BCUT2D eigenvalue weighted by molar-refractivity contribution is -0.126. The summed E-state index contributed by atoms with van der Waals surface area (Å²) in [6.07, 6.45) is 1.87. The Balaban J connectivity index is 1.41.